The number of phenolic OH excluding ortho intramolecular Hbond substituents is 1. The molecule has 1 heterocycles. The van der Waals surface area contributed by atoms with Crippen LogP contribution in [0.1, 0.15) is 17.2 Å². The summed E-state index contributed by atoms with van der Waals surface area (Å²) in [6.45, 7) is 0. The van der Waals surface area contributed by atoms with E-state index in [9.17, 15) is 34.3 Å². The lowest BCUT2D eigenvalue weighted by Gasteiger charge is -2.25. The number of nitro benzene ring substituents is 1. The van der Waals surface area contributed by atoms with Crippen molar-refractivity contribution >= 4 is 40.4 Å². The van der Waals surface area contributed by atoms with Crippen LogP contribution < -0.4 is 14.4 Å². The van der Waals surface area contributed by atoms with E-state index < -0.39 is 51.2 Å². The van der Waals surface area contributed by atoms with Crippen molar-refractivity contribution in [3.8, 4) is 17.2 Å². The van der Waals surface area contributed by atoms with E-state index in [0.29, 0.717) is 0 Å². The lowest BCUT2D eigenvalue weighted by molar-refractivity contribution is -0.385. The third kappa shape index (κ3) is 4.40. The second-order valence-electron chi connectivity index (χ2n) is 7.84. The van der Waals surface area contributed by atoms with Crippen LogP contribution in [0.25, 0.3) is 5.76 Å². The van der Waals surface area contributed by atoms with Crippen LogP contribution in [-0.4, -0.2) is 41.0 Å². The summed E-state index contributed by atoms with van der Waals surface area (Å²) in [6, 6.07) is 9.15. The molecule has 1 aliphatic rings. The van der Waals surface area contributed by atoms with E-state index in [0.717, 1.165) is 29.2 Å². The monoisotopic (exact) mass is 528 g/mol. The normalized spacial score (nSPS) is 16.6. The third-order valence-corrected chi connectivity index (χ3v) is 6.09. The number of amides is 1. The molecule has 1 amide bonds. The van der Waals surface area contributed by atoms with Crippen molar-refractivity contribution in [1.82, 2.24) is 0 Å². The molecule has 3 aromatic carbocycles. The largest absolute Gasteiger partial charge is 0.507 e. The van der Waals surface area contributed by atoms with Gasteiger partial charge in [0, 0.05) is 17.8 Å². The molecule has 1 aliphatic heterocycles. The topological polar surface area (TPSA) is 139 Å². The summed E-state index contributed by atoms with van der Waals surface area (Å²) in [5, 5.41) is 32.9. The minimum atomic E-state index is -1.39. The summed E-state index contributed by atoms with van der Waals surface area (Å²) in [4.78, 5) is 38.1. The Hall–Kier alpha value is -4.64. The first kappa shape index (κ1) is 25.5. The lowest BCUT2D eigenvalue weighted by Crippen LogP contribution is -2.29. The zero-order valence-corrected chi connectivity index (χ0v) is 20.0. The van der Waals surface area contributed by atoms with Crippen LogP contribution in [0.2, 0.25) is 5.02 Å². The van der Waals surface area contributed by atoms with Crippen molar-refractivity contribution in [3.05, 3.63) is 92.3 Å². The molecule has 0 aliphatic carbocycles. The number of hydrogen-bond donors (Lipinski definition) is 2. The molecule has 0 saturated carbocycles. The number of ether oxygens (including phenoxy) is 2. The number of aliphatic hydroxyl groups excluding tert-OH is 1. The molecule has 3 aromatic rings. The number of aromatic hydroxyl groups is 1. The lowest BCUT2D eigenvalue weighted by atomic mass is 9.94. The highest BCUT2D eigenvalue weighted by Gasteiger charge is 2.47. The summed E-state index contributed by atoms with van der Waals surface area (Å²) in [5.74, 6) is -3.92. The molecule has 1 unspecified atom stereocenters. The molecule has 1 atom stereocenters. The molecule has 4 rings (SSSR count). The maximum absolute atomic E-state index is 13.6. The van der Waals surface area contributed by atoms with E-state index in [2.05, 4.69) is 0 Å². The Balaban J connectivity index is 2.04. The van der Waals surface area contributed by atoms with Gasteiger partial charge in [-0.05, 0) is 42.0 Å². The Morgan fingerprint density at radius 2 is 1.70 bits per heavy atom. The molecule has 1 saturated heterocycles. The van der Waals surface area contributed by atoms with E-state index in [1.54, 1.807) is 0 Å². The van der Waals surface area contributed by atoms with Crippen molar-refractivity contribution in [2.45, 2.75) is 6.04 Å². The van der Waals surface area contributed by atoms with Crippen molar-refractivity contribution in [2.75, 3.05) is 19.1 Å². The van der Waals surface area contributed by atoms with Crippen molar-refractivity contribution in [2.24, 2.45) is 0 Å². The van der Waals surface area contributed by atoms with Gasteiger partial charge in [-0.3, -0.25) is 24.6 Å². The molecular weight excluding hydrogens is 511 g/mol. The van der Waals surface area contributed by atoms with Crippen molar-refractivity contribution in [3.63, 3.8) is 0 Å². The summed E-state index contributed by atoms with van der Waals surface area (Å²) in [7, 11) is 2.63. The van der Waals surface area contributed by atoms with Gasteiger partial charge >= 0.3 is 5.69 Å². The zero-order chi connectivity index (χ0) is 27.0. The highest BCUT2D eigenvalue weighted by atomic mass is 35.5. The fraction of sp³-hybridized carbons (Fsp3) is 0.120. The van der Waals surface area contributed by atoms with Crippen LogP contribution in [0, 0.1) is 15.9 Å². The van der Waals surface area contributed by atoms with E-state index in [4.69, 9.17) is 21.1 Å². The molecule has 190 valence electrons. The van der Waals surface area contributed by atoms with E-state index in [1.807, 2.05) is 0 Å². The fourth-order valence-electron chi connectivity index (χ4n) is 4.06. The van der Waals surface area contributed by atoms with Crippen molar-refractivity contribution < 1.29 is 38.6 Å². The van der Waals surface area contributed by atoms with Gasteiger partial charge in [-0.25, -0.2) is 4.39 Å². The minimum Gasteiger partial charge on any atom is -0.507 e. The summed E-state index contributed by atoms with van der Waals surface area (Å²) >= 11 is 6.15. The van der Waals surface area contributed by atoms with Gasteiger partial charge in [-0.15, -0.1) is 0 Å². The molecule has 1 fully saturated rings. The van der Waals surface area contributed by atoms with Gasteiger partial charge in [-0.2, -0.15) is 0 Å². The van der Waals surface area contributed by atoms with Crippen LogP contribution in [0.3, 0.4) is 0 Å². The number of Topliss-reactive ketones (excluding diaryl/α,β-unsaturated/α-hetero) is 1. The van der Waals surface area contributed by atoms with Gasteiger partial charge in [0.1, 0.15) is 23.1 Å². The molecule has 0 bridgehead atoms. The zero-order valence-electron chi connectivity index (χ0n) is 19.3. The second kappa shape index (κ2) is 9.78. The number of hydrogen-bond acceptors (Lipinski definition) is 8. The first-order valence-electron chi connectivity index (χ1n) is 10.5. The molecule has 0 spiro atoms. The molecule has 0 aromatic heterocycles. The minimum absolute atomic E-state index is 0.0227. The van der Waals surface area contributed by atoms with Crippen LogP contribution in [0.5, 0.6) is 17.2 Å². The third-order valence-electron chi connectivity index (χ3n) is 5.79. The molecule has 10 nitrogen and oxygen atoms in total. The predicted molar refractivity (Wildman–Crippen MR) is 130 cm³/mol. The summed E-state index contributed by atoms with van der Waals surface area (Å²) in [5.41, 5.74) is -1.05. The average molecular weight is 529 g/mol. The number of benzene rings is 3. The quantitative estimate of drug-likeness (QED) is 0.154. The number of methoxy groups -OCH3 is 2. The van der Waals surface area contributed by atoms with E-state index in [1.165, 1.54) is 44.6 Å². The SMILES string of the molecule is COc1cc(/C(O)=C2\C(=O)C(=O)N(c3ccc(F)cc3)C2c2ccc(O)c([N+](=O)[O-])c2)c(OC)cc1Cl. The number of carbonyl (C=O) groups excluding carboxylic acids is 2. The van der Waals surface area contributed by atoms with Crippen molar-refractivity contribution in [1.29, 1.82) is 0 Å². The van der Waals surface area contributed by atoms with Gasteiger partial charge in [0.15, 0.2) is 5.75 Å². The molecule has 12 heteroatoms. The highest BCUT2D eigenvalue weighted by molar-refractivity contribution is 6.51. The van der Waals surface area contributed by atoms with Crippen LogP contribution >= 0.6 is 11.6 Å². The summed E-state index contributed by atoms with van der Waals surface area (Å²) < 4.78 is 24.1. The number of carbonyl (C=O) groups is 2. The van der Waals surface area contributed by atoms with Crippen LogP contribution in [0.15, 0.2) is 60.2 Å². The first-order chi connectivity index (χ1) is 17.6. The first-order valence-corrected chi connectivity index (χ1v) is 10.9. The Morgan fingerprint density at radius 3 is 2.30 bits per heavy atom. The number of anilines is 1. The number of nitro groups is 1. The molecule has 2 N–H and O–H groups in total. The van der Waals surface area contributed by atoms with E-state index >= 15 is 0 Å². The average Bonchev–Trinajstić information content (AvgIpc) is 3.14. The molecule has 0 radical (unpaired) electrons. The highest BCUT2D eigenvalue weighted by Crippen LogP contribution is 2.46. The molecule has 37 heavy (non-hydrogen) atoms. The number of phenols is 1. The Kier molecular flexibility index (Phi) is 6.73. The Labute approximate surface area is 213 Å². The van der Waals surface area contributed by atoms with Gasteiger partial charge in [0.2, 0.25) is 0 Å². The van der Waals surface area contributed by atoms with Gasteiger partial charge < -0.3 is 19.7 Å². The Bertz CT molecular complexity index is 1470. The van der Waals surface area contributed by atoms with Crippen LogP contribution in [-0.2, 0) is 9.59 Å². The molecular formula is C25H18ClFN2O8. The maximum Gasteiger partial charge on any atom is 0.311 e. The van der Waals surface area contributed by atoms with Gasteiger partial charge in [0.25, 0.3) is 11.7 Å². The number of nitrogens with zero attached hydrogens (tertiary/aromatic N) is 2. The number of rotatable bonds is 6. The fourth-order valence-corrected chi connectivity index (χ4v) is 4.29. The van der Waals surface area contributed by atoms with Crippen LogP contribution in [0.4, 0.5) is 15.8 Å². The standard InChI is InChI=1S/C25H18ClFN2O8/c1-36-19-11-16(26)20(37-2)10-15(19)23(31)21-22(12-3-8-18(30)17(9-12)29(34)35)28(25(33)24(21)32)14-6-4-13(27)5-7-14/h3-11,22,30-31H,1-2H3/b23-21+. The second-order valence-corrected chi connectivity index (χ2v) is 8.25. The van der Waals surface area contributed by atoms with Gasteiger partial charge in [-0.1, -0.05) is 17.7 Å². The Morgan fingerprint density at radius 1 is 1.05 bits per heavy atom. The summed E-state index contributed by atoms with van der Waals surface area (Å²) in [6.07, 6.45) is 0. The smallest absolute Gasteiger partial charge is 0.311 e. The number of halogens is 2. The van der Waals surface area contributed by atoms with E-state index in [-0.39, 0.29) is 33.3 Å². The number of ketones is 1. The van der Waals surface area contributed by atoms with Gasteiger partial charge in [0.05, 0.1) is 41.3 Å². The number of aliphatic hydroxyl groups is 1. The predicted octanol–water partition coefficient (Wildman–Crippen LogP) is 4.74. The maximum atomic E-state index is 13.6.